The molecule has 0 saturated carbocycles. The molecule has 0 spiro atoms. The van der Waals surface area contributed by atoms with Crippen molar-refractivity contribution in [3.05, 3.63) is 76.9 Å². The maximum Gasteiger partial charge on any atom is 0.433 e. The van der Waals surface area contributed by atoms with E-state index in [1.54, 1.807) is 37.4 Å². The Labute approximate surface area is 184 Å². The number of hydrogen-bond donors (Lipinski definition) is 1. The van der Waals surface area contributed by atoms with Gasteiger partial charge in [-0.2, -0.15) is 26.9 Å². The van der Waals surface area contributed by atoms with E-state index in [0.717, 1.165) is 17.3 Å². The van der Waals surface area contributed by atoms with Gasteiger partial charge in [0.15, 0.2) is 0 Å². The molecule has 164 valence electrons. The lowest BCUT2D eigenvalue weighted by Crippen LogP contribution is -2.15. The Balaban J connectivity index is 0.00000114. The van der Waals surface area contributed by atoms with Gasteiger partial charge in [-0.25, -0.2) is 0 Å². The number of alkyl halides is 3. The molecule has 3 aromatic rings. The van der Waals surface area contributed by atoms with Gasteiger partial charge in [0.05, 0.1) is 11.3 Å². The summed E-state index contributed by atoms with van der Waals surface area (Å²) in [6, 6.07) is 10.8. The number of nitrogens with one attached hydrogen (secondary N) is 1. The van der Waals surface area contributed by atoms with Crippen LogP contribution in [0.5, 0.6) is 0 Å². The second kappa shape index (κ2) is 10.4. The number of anilines is 1. The van der Waals surface area contributed by atoms with E-state index in [9.17, 15) is 23.2 Å². The molecule has 0 unspecified atom stereocenters. The number of amides is 1. The number of rotatable bonds is 3. The first kappa shape index (κ1) is 24.4. The maximum absolute atomic E-state index is 12.8. The van der Waals surface area contributed by atoms with Crippen LogP contribution in [-0.2, 0) is 17.7 Å². The van der Waals surface area contributed by atoms with E-state index in [0.29, 0.717) is 28.6 Å². The zero-order valence-corrected chi connectivity index (χ0v) is 17.5. The number of carbonyl (C=O) groups excluding carboxylic acids is 1. The molecule has 0 aliphatic rings. The maximum atomic E-state index is 12.8. The SMILES string of the molecule is Cc1ccc(NC(=O)c2ccnc(C(F)(F)F)c2)cc1-c1cnc(C)c(C#N)c1.O=S=O. The first-order valence-corrected chi connectivity index (χ1v) is 9.51. The number of pyridine rings is 2. The summed E-state index contributed by atoms with van der Waals surface area (Å²) < 4.78 is 55.0. The van der Waals surface area contributed by atoms with Crippen molar-refractivity contribution in [2.45, 2.75) is 20.0 Å². The highest BCUT2D eigenvalue weighted by Gasteiger charge is 2.32. The van der Waals surface area contributed by atoms with Crippen LogP contribution in [0, 0.1) is 25.2 Å². The number of aromatic nitrogens is 2. The van der Waals surface area contributed by atoms with Crippen LogP contribution in [-0.4, -0.2) is 24.3 Å². The molecule has 2 aromatic heterocycles. The van der Waals surface area contributed by atoms with Crippen LogP contribution in [0.4, 0.5) is 18.9 Å². The lowest BCUT2D eigenvalue weighted by atomic mass is 9.99. The lowest BCUT2D eigenvalue weighted by Gasteiger charge is -2.12. The van der Waals surface area contributed by atoms with Crippen molar-refractivity contribution >= 4 is 23.2 Å². The minimum atomic E-state index is -4.63. The molecule has 32 heavy (non-hydrogen) atoms. The molecule has 3 rings (SSSR count). The van der Waals surface area contributed by atoms with Crippen molar-refractivity contribution in [3.8, 4) is 17.2 Å². The molecule has 0 radical (unpaired) electrons. The van der Waals surface area contributed by atoms with Crippen LogP contribution in [0.3, 0.4) is 0 Å². The normalized spacial score (nSPS) is 10.4. The number of nitrogens with zero attached hydrogens (tertiary/aromatic N) is 3. The van der Waals surface area contributed by atoms with Gasteiger partial charge in [0.2, 0.25) is 0 Å². The molecule has 1 aromatic carbocycles. The van der Waals surface area contributed by atoms with E-state index < -0.39 is 29.3 Å². The average Bonchev–Trinajstić information content (AvgIpc) is 2.75. The molecule has 1 amide bonds. The third-order valence-corrected chi connectivity index (χ3v) is 4.33. The van der Waals surface area contributed by atoms with Gasteiger partial charge in [-0.15, -0.1) is 0 Å². The van der Waals surface area contributed by atoms with Crippen molar-refractivity contribution in [1.29, 1.82) is 5.26 Å². The van der Waals surface area contributed by atoms with Gasteiger partial charge in [-0.3, -0.25) is 14.8 Å². The van der Waals surface area contributed by atoms with Gasteiger partial charge >= 0.3 is 17.7 Å². The largest absolute Gasteiger partial charge is 0.433 e. The van der Waals surface area contributed by atoms with E-state index in [2.05, 4.69) is 21.4 Å². The Morgan fingerprint density at radius 3 is 2.41 bits per heavy atom. The van der Waals surface area contributed by atoms with Gasteiger partial charge in [-0.05, 0) is 55.3 Å². The minimum Gasteiger partial charge on any atom is -0.322 e. The predicted molar refractivity (Wildman–Crippen MR) is 110 cm³/mol. The highest BCUT2D eigenvalue weighted by Crippen LogP contribution is 2.29. The summed E-state index contributed by atoms with van der Waals surface area (Å²) in [6.45, 7) is 3.60. The molecule has 0 aliphatic heterocycles. The van der Waals surface area contributed by atoms with Gasteiger partial charge in [-0.1, -0.05) is 6.07 Å². The fraction of sp³-hybridized carbons (Fsp3) is 0.143. The first-order valence-electron chi connectivity index (χ1n) is 8.85. The third-order valence-electron chi connectivity index (χ3n) is 4.33. The third kappa shape index (κ3) is 6.05. The second-order valence-electron chi connectivity index (χ2n) is 6.45. The fourth-order valence-electron chi connectivity index (χ4n) is 2.73. The molecule has 7 nitrogen and oxygen atoms in total. The Bertz CT molecular complexity index is 1230. The summed E-state index contributed by atoms with van der Waals surface area (Å²) >= 11 is -0.750. The van der Waals surface area contributed by atoms with Crippen molar-refractivity contribution in [3.63, 3.8) is 0 Å². The number of benzene rings is 1. The van der Waals surface area contributed by atoms with E-state index in [-0.39, 0.29) is 5.56 Å². The van der Waals surface area contributed by atoms with Crippen molar-refractivity contribution < 1.29 is 26.4 Å². The topological polar surface area (TPSA) is 113 Å². The van der Waals surface area contributed by atoms with Gasteiger partial charge in [0, 0.05) is 29.2 Å². The van der Waals surface area contributed by atoms with E-state index in [1.807, 2.05) is 6.92 Å². The second-order valence-corrected chi connectivity index (χ2v) is 6.58. The summed E-state index contributed by atoms with van der Waals surface area (Å²) in [6.07, 6.45) is -2.06. The zero-order valence-electron chi connectivity index (χ0n) is 16.7. The molecule has 11 heteroatoms. The smallest absolute Gasteiger partial charge is 0.322 e. The van der Waals surface area contributed by atoms with Crippen molar-refractivity contribution in [2.24, 2.45) is 0 Å². The number of hydrogen-bond acceptors (Lipinski definition) is 6. The standard InChI is InChI=1S/C21H15F3N4O.O2S/c1-12-3-4-17(9-18(12)16-7-15(10-25)13(2)27-11-16)28-20(29)14-5-6-26-19(8-14)21(22,23)24;1-3-2/h3-9,11H,1-2H3,(H,28,29);. The van der Waals surface area contributed by atoms with E-state index in [4.69, 9.17) is 8.42 Å². The summed E-state index contributed by atoms with van der Waals surface area (Å²) in [7, 11) is 0. The van der Waals surface area contributed by atoms with Gasteiger partial charge < -0.3 is 5.32 Å². The highest BCUT2D eigenvalue weighted by atomic mass is 32.1. The molecule has 0 fully saturated rings. The molecule has 0 aliphatic carbocycles. The van der Waals surface area contributed by atoms with Crippen molar-refractivity contribution in [1.82, 2.24) is 9.97 Å². The monoisotopic (exact) mass is 460 g/mol. The van der Waals surface area contributed by atoms with E-state index in [1.165, 1.54) is 6.07 Å². The number of carbonyl (C=O) groups is 1. The molecule has 2 heterocycles. The molecule has 0 atom stereocenters. The number of halogens is 3. The predicted octanol–water partition coefficient (Wildman–Crippen LogP) is 4.23. The summed E-state index contributed by atoms with van der Waals surface area (Å²) in [5.41, 5.74) is 2.49. The Hall–Kier alpha value is -3.91. The van der Waals surface area contributed by atoms with Crippen LogP contribution in [0.15, 0.2) is 48.8 Å². The van der Waals surface area contributed by atoms with Crippen LogP contribution < -0.4 is 5.32 Å². The van der Waals surface area contributed by atoms with Gasteiger partial charge in [0.1, 0.15) is 11.8 Å². The summed E-state index contributed by atoms with van der Waals surface area (Å²) in [5.74, 6) is -0.688. The first-order chi connectivity index (χ1) is 15.1. The molecule has 0 bridgehead atoms. The van der Waals surface area contributed by atoms with Crippen LogP contribution in [0.1, 0.15) is 32.9 Å². The fourth-order valence-corrected chi connectivity index (χ4v) is 2.73. The molecular weight excluding hydrogens is 445 g/mol. The minimum absolute atomic E-state index is 0.154. The molecule has 1 N–H and O–H groups in total. The van der Waals surface area contributed by atoms with Crippen LogP contribution in [0.25, 0.3) is 11.1 Å². The van der Waals surface area contributed by atoms with Crippen molar-refractivity contribution in [2.75, 3.05) is 5.32 Å². The Morgan fingerprint density at radius 1 is 1.09 bits per heavy atom. The molecule has 0 saturated heterocycles. The number of aryl methyl sites for hydroxylation is 2. The summed E-state index contributed by atoms with van der Waals surface area (Å²) in [5, 5.41) is 11.8. The van der Waals surface area contributed by atoms with Gasteiger partial charge in [0.25, 0.3) is 5.91 Å². The Kier molecular flexibility index (Phi) is 7.92. The quantitative estimate of drug-likeness (QED) is 0.626. The molecular formula is C21H15F3N4O3S. The van der Waals surface area contributed by atoms with Crippen LogP contribution >= 0.6 is 0 Å². The lowest BCUT2D eigenvalue weighted by molar-refractivity contribution is -0.141. The highest BCUT2D eigenvalue weighted by molar-refractivity contribution is 7.51. The Morgan fingerprint density at radius 2 is 1.78 bits per heavy atom. The van der Waals surface area contributed by atoms with Crippen LogP contribution in [0.2, 0.25) is 0 Å². The zero-order chi connectivity index (χ0) is 23.9. The van der Waals surface area contributed by atoms with E-state index >= 15 is 0 Å². The number of nitriles is 1. The average molecular weight is 460 g/mol. The summed E-state index contributed by atoms with van der Waals surface area (Å²) in [4.78, 5) is 19.9.